The van der Waals surface area contributed by atoms with Crippen molar-refractivity contribution in [2.24, 2.45) is 4.99 Å². The first-order chi connectivity index (χ1) is 12.3. The maximum Gasteiger partial charge on any atom is 0.213 e. The lowest BCUT2D eigenvalue weighted by Gasteiger charge is -2.17. The summed E-state index contributed by atoms with van der Waals surface area (Å²) in [6, 6.07) is 14.5. The summed E-state index contributed by atoms with van der Waals surface area (Å²) in [6.07, 6.45) is 8.27. The van der Waals surface area contributed by atoms with Gasteiger partial charge in [-0.05, 0) is 30.0 Å². The number of nitrogens with one attached hydrogen (secondary N) is 2. The van der Waals surface area contributed by atoms with Gasteiger partial charge < -0.3 is 15.4 Å². The van der Waals surface area contributed by atoms with Crippen molar-refractivity contribution in [3.63, 3.8) is 0 Å². The number of halogens is 1. The van der Waals surface area contributed by atoms with E-state index in [1.165, 1.54) is 0 Å². The number of aromatic nitrogens is 1. The average Bonchev–Trinajstić information content (AvgIpc) is 3.18. The Hall–Kier alpha value is -2.09. The van der Waals surface area contributed by atoms with E-state index in [1.807, 2.05) is 42.5 Å². The molecule has 1 aromatic heterocycles. The molecule has 0 bridgehead atoms. The fourth-order valence-electron chi connectivity index (χ4n) is 2.68. The summed E-state index contributed by atoms with van der Waals surface area (Å²) in [4.78, 5) is 8.57. The van der Waals surface area contributed by atoms with Gasteiger partial charge in [0.25, 0.3) is 0 Å². The molecule has 0 radical (unpaired) electrons. The molecule has 0 spiro atoms. The van der Waals surface area contributed by atoms with E-state index in [4.69, 9.17) is 4.74 Å². The molecule has 3 rings (SSSR count). The van der Waals surface area contributed by atoms with Crippen LogP contribution in [0.25, 0.3) is 0 Å². The number of pyridine rings is 1. The number of ether oxygens (including phenoxy) is 1. The molecular formula is C20H25IN4O. The molecule has 1 aliphatic carbocycles. The zero-order valence-corrected chi connectivity index (χ0v) is 17.2. The Bertz CT molecular complexity index is 726. The highest BCUT2D eigenvalue weighted by Crippen LogP contribution is 2.12. The molecule has 0 aliphatic heterocycles. The highest BCUT2D eigenvalue weighted by Gasteiger charge is 2.11. The lowest BCUT2D eigenvalue weighted by atomic mass is 10.2. The molecular weight excluding hydrogens is 439 g/mol. The van der Waals surface area contributed by atoms with Crippen LogP contribution >= 0.6 is 24.0 Å². The van der Waals surface area contributed by atoms with Gasteiger partial charge in [0, 0.05) is 31.9 Å². The summed E-state index contributed by atoms with van der Waals surface area (Å²) in [5.41, 5.74) is 2.23. The second-order valence-electron chi connectivity index (χ2n) is 5.99. The van der Waals surface area contributed by atoms with Crippen LogP contribution in [0.2, 0.25) is 0 Å². The van der Waals surface area contributed by atoms with E-state index >= 15 is 0 Å². The van der Waals surface area contributed by atoms with E-state index in [2.05, 4.69) is 32.8 Å². The molecule has 2 N–H and O–H groups in total. The normalized spacial score (nSPS) is 14.0. The summed E-state index contributed by atoms with van der Waals surface area (Å²) < 4.78 is 5.78. The third-order valence-electron chi connectivity index (χ3n) is 4.06. The zero-order valence-electron chi connectivity index (χ0n) is 14.9. The van der Waals surface area contributed by atoms with Gasteiger partial charge in [0.05, 0.1) is 0 Å². The predicted molar refractivity (Wildman–Crippen MR) is 116 cm³/mol. The molecule has 5 nitrogen and oxygen atoms in total. The molecule has 0 saturated carbocycles. The van der Waals surface area contributed by atoms with Gasteiger partial charge in [-0.2, -0.15) is 0 Å². The average molecular weight is 464 g/mol. The molecule has 0 unspecified atom stereocenters. The topological polar surface area (TPSA) is 58.5 Å². The van der Waals surface area contributed by atoms with Crippen molar-refractivity contribution in [3.05, 3.63) is 71.9 Å². The number of guanidine groups is 1. The summed E-state index contributed by atoms with van der Waals surface area (Å²) in [5, 5.41) is 6.77. The van der Waals surface area contributed by atoms with Crippen molar-refractivity contribution >= 4 is 29.9 Å². The fourth-order valence-corrected chi connectivity index (χ4v) is 2.68. The Kier molecular flexibility index (Phi) is 8.40. The Morgan fingerprint density at radius 2 is 1.92 bits per heavy atom. The highest BCUT2D eigenvalue weighted by atomic mass is 127. The van der Waals surface area contributed by atoms with E-state index in [0.717, 1.165) is 29.9 Å². The second kappa shape index (κ2) is 10.8. The number of hydrogen-bond acceptors (Lipinski definition) is 3. The molecule has 0 amide bonds. The molecule has 1 heterocycles. The van der Waals surface area contributed by atoms with Crippen molar-refractivity contribution in [1.29, 1.82) is 0 Å². The molecule has 1 aliphatic rings. The molecule has 138 valence electrons. The van der Waals surface area contributed by atoms with E-state index < -0.39 is 0 Å². The SMILES string of the molecule is CN=C(NCc1ccnc(OCc2ccccc2)c1)NC1CC=CC1.I. The third-order valence-corrected chi connectivity index (χ3v) is 4.06. The van der Waals surface area contributed by atoms with E-state index in [9.17, 15) is 0 Å². The summed E-state index contributed by atoms with van der Waals surface area (Å²) in [5.74, 6) is 1.45. The number of aliphatic imine (C=N–C) groups is 1. The third kappa shape index (κ3) is 6.33. The molecule has 0 atom stereocenters. The molecule has 1 aromatic carbocycles. The predicted octanol–water partition coefficient (Wildman–Crippen LogP) is 3.66. The maximum absolute atomic E-state index is 5.78. The summed E-state index contributed by atoms with van der Waals surface area (Å²) in [7, 11) is 1.79. The monoisotopic (exact) mass is 464 g/mol. The Balaban J connectivity index is 0.00000243. The largest absolute Gasteiger partial charge is 0.473 e. The van der Waals surface area contributed by atoms with Crippen molar-refractivity contribution < 1.29 is 4.74 Å². The lowest BCUT2D eigenvalue weighted by molar-refractivity contribution is 0.293. The second-order valence-corrected chi connectivity index (χ2v) is 5.99. The first-order valence-corrected chi connectivity index (χ1v) is 8.57. The van der Waals surface area contributed by atoms with Gasteiger partial charge in [-0.1, -0.05) is 42.5 Å². The van der Waals surface area contributed by atoms with Crippen molar-refractivity contribution in [2.45, 2.75) is 32.0 Å². The van der Waals surface area contributed by atoms with Crippen LogP contribution in [0, 0.1) is 0 Å². The number of rotatable bonds is 6. The quantitative estimate of drug-likeness (QED) is 0.297. The number of nitrogens with zero attached hydrogens (tertiary/aromatic N) is 2. The molecule has 0 saturated heterocycles. The zero-order chi connectivity index (χ0) is 17.3. The Morgan fingerprint density at radius 3 is 2.65 bits per heavy atom. The number of hydrogen-bond donors (Lipinski definition) is 2. The van der Waals surface area contributed by atoms with Crippen LogP contribution in [0.15, 0.2) is 65.8 Å². The van der Waals surface area contributed by atoms with Crippen LogP contribution in [0.1, 0.15) is 24.0 Å². The Labute approximate surface area is 172 Å². The van der Waals surface area contributed by atoms with Crippen molar-refractivity contribution in [2.75, 3.05) is 7.05 Å². The Morgan fingerprint density at radius 1 is 1.15 bits per heavy atom. The van der Waals surface area contributed by atoms with Gasteiger partial charge in [-0.15, -0.1) is 24.0 Å². The number of benzene rings is 1. The van der Waals surface area contributed by atoms with Gasteiger partial charge in [0.1, 0.15) is 6.61 Å². The van der Waals surface area contributed by atoms with E-state index in [0.29, 0.717) is 25.1 Å². The van der Waals surface area contributed by atoms with Crippen LogP contribution in [0.5, 0.6) is 5.88 Å². The van der Waals surface area contributed by atoms with Crippen molar-refractivity contribution in [3.8, 4) is 5.88 Å². The first kappa shape index (κ1) is 20.2. The molecule has 6 heteroatoms. The van der Waals surface area contributed by atoms with Crippen LogP contribution in [0.3, 0.4) is 0 Å². The maximum atomic E-state index is 5.78. The van der Waals surface area contributed by atoms with Crippen LogP contribution < -0.4 is 15.4 Å². The van der Waals surface area contributed by atoms with Gasteiger partial charge in [0.15, 0.2) is 5.96 Å². The minimum absolute atomic E-state index is 0. The minimum Gasteiger partial charge on any atom is -0.473 e. The standard InChI is InChI=1S/C20H24N4O.HI/c1-21-20(24-18-9-5-6-10-18)23-14-17-11-12-22-19(13-17)25-15-16-7-3-2-4-8-16;/h2-8,11-13,18H,9-10,14-15H2,1H3,(H2,21,23,24);1H. The van der Waals surface area contributed by atoms with Crippen LogP contribution in [-0.2, 0) is 13.2 Å². The first-order valence-electron chi connectivity index (χ1n) is 8.57. The highest BCUT2D eigenvalue weighted by molar-refractivity contribution is 14.0. The smallest absolute Gasteiger partial charge is 0.213 e. The molecule has 0 fully saturated rings. The molecule has 26 heavy (non-hydrogen) atoms. The van der Waals surface area contributed by atoms with Gasteiger partial charge in [0.2, 0.25) is 5.88 Å². The van der Waals surface area contributed by atoms with Crippen molar-refractivity contribution in [1.82, 2.24) is 15.6 Å². The van der Waals surface area contributed by atoms with E-state index in [-0.39, 0.29) is 24.0 Å². The van der Waals surface area contributed by atoms with Crippen LogP contribution in [0.4, 0.5) is 0 Å². The summed E-state index contributed by atoms with van der Waals surface area (Å²) >= 11 is 0. The fraction of sp³-hybridized carbons (Fsp3) is 0.300. The van der Waals surface area contributed by atoms with E-state index in [1.54, 1.807) is 13.2 Å². The van der Waals surface area contributed by atoms with Gasteiger partial charge in [-0.25, -0.2) is 4.98 Å². The van der Waals surface area contributed by atoms with Gasteiger partial charge >= 0.3 is 0 Å². The minimum atomic E-state index is 0. The van der Waals surface area contributed by atoms with Crippen LogP contribution in [-0.4, -0.2) is 24.0 Å². The van der Waals surface area contributed by atoms with Gasteiger partial charge in [-0.3, -0.25) is 4.99 Å². The summed E-state index contributed by atoms with van der Waals surface area (Å²) in [6.45, 7) is 1.19. The molecule has 2 aromatic rings. The lowest BCUT2D eigenvalue weighted by Crippen LogP contribution is -2.42.